The Morgan fingerprint density at radius 2 is 1.79 bits per heavy atom. The van der Waals surface area contributed by atoms with Crippen molar-refractivity contribution in [2.24, 2.45) is 5.92 Å². The Morgan fingerprint density at radius 3 is 2.52 bits per heavy atom. The molecule has 1 unspecified atom stereocenters. The molecule has 7 heteroatoms. The first-order valence-electron chi connectivity index (χ1n) is 12.1. The lowest BCUT2D eigenvalue weighted by atomic mass is 9.84. The number of hydrogen-bond donors (Lipinski definition) is 1. The van der Waals surface area contributed by atoms with Gasteiger partial charge in [-0.25, -0.2) is 14.6 Å². The van der Waals surface area contributed by atoms with Crippen LogP contribution >= 0.6 is 0 Å². The maximum absolute atomic E-state index is 14.2. The number of rotatable bonds is 3. The molecule has 0 bridgehead atoms. The van der Waals surface area contributed by atoms with Gasteiger partial charge in [0.2, 0.25) is 0 Å². The summed E-state index contributed by atoms with van der Waals surface area (Å²) in [4.78, 5) is 18.7. The first-order chi connectivity index (χ1) is 16.1. The third-order valence-electron chi connectivity index (χ3n) is 7.72. The molecule has 3 heterocycles. The third kappa shape index (κ3) is 3.77. The van der Waals surface area contributed by atoms with Gasteiger partial charge in [-0.05, 0) is 69.6 Å². The molecule has 174 valence electrons. The summed E-state index contributed by atoms with van der Waals surface area (Å²) in [5.41, 5.74) is 5.39. The van der Waals surface area contributed by atoms with Crippen molar-refractivity contribution in [3.8, 4) is 5.75 Å². The van der Waals surface area contributed by atoms with Crippen molar-refractivity contribution in [3.63, 3.8) is 0 Å². The zero-order chi connectivity index (χ0) is 22.5. The van der Waals surface area contributed by atoms with E-state index in [1.165, 1.54) is 6.07 Å². The Kier molecular flexibility index (Phi) is 5.26. The van der Waals surface area contributed by atoms with Crippen LogP contribution in [-0.2, 0) is 0 Å². The van der Waals surface area contributed by atoms with Crippen molar-refractivity contribution in [2.45, 2.75) is 49.9 Å². The summed E-state index contributed by atoms with van der Waals surface area (Å²) < 4.78 is 20.2. The first-order valence-corrected chi connectivity index (χ1v) is 12.1. The topological polar surface area (TPSA) is 48.0 Å². The zero-order valence-electron chi connectivity index (χ0n) is 19.0. The number of piperidine rings is 1. The van der Waals surface area contributed by atoms with Crippen LogP contribution in [0.25, 0.3) is 0 Å². The summed E-state index contributed by atoms with van der Waals surface area (Å²) in [7, 11) is 2.15. The van der Waals surface area contributed by atoms with Gasteiger partial charge in [0.1, 0.15) is 11.6 Å². The summed E-state index contributed by atoms with van der Waals surface area (Å²) in [6, 6.07) is 15.1. The maximum Gasteiger partial charge on any atom is 0.335 e. The summed E-state index contributed by atoms with van der Waals surface area (Å²) in [5.74, 6) is 0.414. The minimum atomic E-state index is -0.285. The second kappa shape index (κ2) is 8.29. The number of benzene rings is 2. The molecule has 4 aliphatic rings. The average Bonchev–Trinajstić information content (AvgIpc) is 3.59. The van der Waals surface area contributed by atoms with Crippen LogP contribution in [-0.4, -0.2) is 59.7 Å². The number of likely N-dealkylation sites (tertiary alicyclic amines) is 1. The van der Waals surface area contributed by atoms with Gasteiger partial charge < -0.3 is 14.5 Å². The number of nitrogens with zero attached hydrogens (tertiary/aromatic N) is 3. The van der Waals surface area contributed by atoms with Crippen LogP contribution in [0.3, 0.4) is 0 Å². The van der Waals surface area contributed by atoms with Gasteiger partial charge in [-0.2, -0.15) is 0 Å². The molecule has 3 atom stereocenters. The monoisotopic (exact) mass is 450 g/mol. The van der Waals surface area contributed by atoms with Crippen LogP contribution in [0.15, 0.2) is 48.5 Å². The number of hydrazine groups is 1. The Morgan fingerprint density at radius 1 is 1.06 bits per heavy atom. The van der Waals surface area contributed by atoms with E-state index >= 15 is 0 Å². The lowest BCUT2D eigenvalue weighted by Crippen LogP contribution is -2.54. The number of fused-ring (bicyclic) bond motifs is 3. The second-order valence-electron chi connectivity index (χ2n) is 9.94. The molecule has 6 rings (SSSR count). The predicted molar refractivity (Wildman–Crippen MR) is 123 cm³/mol. The average molecular weight is 451 g/mol. The molecule has 6 nitrogen and oxygen atoms in total. The van der Waals surface area contributed by atoms with E-state index in [9.17, 15) is 9.18 Å². The van der Waals surface area contributed by atoms with Crippen LogP contribution in [0.4, 0.5) is 9.18 Å². The summed E-state index contributed by atoms with van der Waals surface area (Å²) in [5, 5.41) is 1.84. The van der Waals surface area contributed by atoms with Gasteiger partial charge in [-0.3, -0.25) is 5.01 Å². The van der Waals surface area contributed by atoms with Crippen molar-refractivity contribution in [3.05, 3.63) is 65.5 Å². The van der Waals surface area contributed by atoms with Crippen LogP contribution in [0.5, 0.6) is 5.75 Å². The van der Waals surface area contributed by atoms with Crippen LogP contribution in [0, 0.1) is 11.7 Å². The van der Waals surface area contributed by atoms with Gasteiger partial charge in [0.25, 0.3) is 0 Å². The van der Waals surface area contributed by atoms with Gasteiger partial charge in [0.05, 0.1) is 18.7 Å². The highest BCUT2D eigenvalue weighted by atomic mass is 19.1. The van der Waals surface area contributed by atoms with Crippen LogP contribution < -0.4 is 10.2 Å². The van der Waals surface area contributed by atoms with Crippen molar-refractivity contribution in [1.29, 1.82) is 0 Å². The minimum absolute atomic E-state index is 0.00388. The molecule has 2 aromatic carbocycles. The van der Waals surface area contributed by atoms with Crippen molar-refractivity contribution in [2.75, 3.05) is 26.7 Å². The van der Waals surface area contributed by atoms with Gasteiger partial charge in [-0.15, -0.1) is 0 Å². The largest absolute Gasteiger partial charge is 0.493 e. The normalized spacial score (nSPS) is 27.6. The summed E-state index contributed by atoms with van der Waals surface area (Å²) in [6.45, 7) is 2.52. The number of hydrogen-bond acceptors (Lipinski definition) is 4. The fraction of sp³-hybridized carbons (Fsp3) is 0.500. The number of carbonyl (C=O) groups is 1. The summed E-state index contributed by atoms with van der Waals surface area (Å²) >= 11 is 0. The van der Waals surface area contributed by atoms with Gasteiger partial charge in [0.15, 0.2) is 0 Å². The fourth-order valence-electron chi connectivity index (χ4n) is 5.85. The highest BCUT2D eigenvalue weighted by Gasteiger charge is 2.51. The molecule has 1 aliphatic carbocycles. The molecular weight excluding hydrogens is 419 g/mol. The highest BCUT2D eigenvalue weighted by molar-refractivity contribution is 5.76. The molecule has 3 aliphatic heterocycles. The van der Waals surface area contributed by atoms with E-state index in [1.807, 2.05) is 23.2 Å². The summed E-state index contributed by atoms with van der Waals surface area (Å²) in [6.07, 6.45) is 4.16. The minimum Gasteiger partial charge on any atom is -0.493 e. The van der Waals surface area contributed by atoms with E-state index in [0.717, 1.165) is 49.9 Å². The van der Waals surface area contributed by atoms with Gasteiger partial charge in [-0.1, -0.05) is 30.3 Å². The van der Waals surface area contributed by atoms with Crippen LogP contribution in [0.2, 0.25) is 0 Å². The molecule has 1 N–H and O–H groups in total. The molecule has 33 heavy (non-hydrogen) atoms. The molecular formula is C26H31FN4O2. The molecule has 3 fully saturated rings. The third-order valence-corrected chi connectivity index (χ3v) is 7.72. The molecule has 2 saturated heterocycles. The molecule has 0 spiro atoms. The number of carbonyl (C=O) groups excluding carboxylic acids is 1. The second-order valence-corrected chi connectivity index (χ2v) is 9.94. The lowest BCUT2D eigenvalue weighted by Gasteiger charge is -2.40. The molecule has 2 aromatic rings. The number of ether oxygens (including phenoxy) is 1. The van der Waals surface area contributed by atoms with E-state index in [4.69, 9.17) is 4.74 Å². The molecule has 1 saturated carbocycles. The van der Waals surface area contributed by atoms with Crippen molar-refractivity contribution in [1.82, 2.24) is 20.2 Å². The quantitative estimate of drug-likeness (QED) is 0.765. The first kappa shape index (κ1) is 20.9. The Hall–Kier alpha value is -2.64. The number of halogens is 1. The van der Waals surface area contributed by atoms with E-state index in [-0.39, 0.29) is 35.9 Å². The zero-order valence-corrected chi connectivity index (χ0v) is 19.0. The van der Waals surface area contributed by atoms with Gasteiger partial charge >= 0.3 is 6.03 Å². The Labute approximate surface area is 194 Å². The molecule has 2 amide bonds. The molecule has 0 radical (unpaired) electrons. The SMILES string of the molecule is CN1CCC(N(C(=O)N2NC3c4cc(F)ccc4OC[C@H]3[C@@H]2c2ccccc2)C2CC2)CC1. The maximum atomic E-state index is 14.2. The number of amides is 2. The Balaban J connectivity index is 1.36. The fourth-order valence-corrected chi connectivity index (χ4v) is 5.85. The smallest absolute Gasteiger partial charge is 0.335 e. The Bertz CT molecular complexity index is 1020. The standard InChI is InChI=1S/C26H31FN4O2/c1-29-13-11-20(12-14-29)30(19-8-9-19)26(32)31-25(17-5-3-2-4-6-17)22-16-33-23-10-7-18(27)15-21(23)24(22)28-31/h2-7,10,15,19-20,22,24-25,28H,8-9,11-14,16H2,1H3/t22-,24?,25+/m1/s1. The van der Waals surface area contributed by atoms with Gasteiger partial charge in [0, 0.05) is 23.6 Å². The number of nitrogens with one attached hydrogen (secondary N) is 1. The van der Waals surface area contributed by atoms with Crippen molar-refractivity contribution >= 4 is 6.03 Å². The predicted octanol–water partition coefficient (Wildman–Crippen LogP) is 4.12. The van der Waals surface area contributed by atoms with E-state index < -0.39 is 0 Å². The highest BCUT2D eigenvalue weighted by Crippen LogP contribution is 2.49. The van der Waals surface area contributed by atoms with Crippen LogP contribution in [0.1, 0.15) is 48.9 Å². The van der Waals surface area contributed by atoms with E-state index in [1.54, 1.807) is 12.1 Å². The molecule has 0 aromatic heterocycles. The van der Waals surface area contributed by atoms with E-state index in [0.29, 0.717) is 18.4 Å². The lowest BCUT2D eigenvalue weighted by molar-refractivity contribution is 0.0795. The van der Waals surface area contributed by atoms with E-state index in [2.05, 4.69) is 34.4 Å². The number of urea groups is 1. The van der Waals surface area contributed by atoms with Crippen molar-refractivity contribution < 1.29 is 13.9 Å².